The van der Waals surface area contributed by atoms with Crippen molar-refractivity contribution in [3.05, 3.63) is 28.0 Å². The summed E-state index contributed by atoms with van der Waals surface area (Å²) in [4.78, 5) is 15.0. The van der Waals surface area contributed by atoms with E-state index in [2.05, 4.69) is 20.9 Å². The average Bonchev–Trinajstić information content (AvgIpc) is 2.02. The fraction of sp³-hybridized carbons (Fsp3) is 0.400. The lowest BCUT2D eigenvalue weighted by Crippen LogP contribution is -2.14. The van der Waals surface area contributed by atoms with Gasteiger partial charge in [0.25, 0.3) is 0 Å². The molecule has 0 aromatic carbocycles. The van der Waals surface area contributed by atoms with Crippen molar-refractivity contribution in [3.63, 3.8) is 0 Å². The van der Waals surface area contributed by atoms with Crippen molar-refractivity contribution in [1.82, 2.24) is 4.98 Å². The van der Waals surface area contributed by atoms with Gasteiger partial charge in [-0.2, -0.15) is 0 Å². The molecule has 0 unspecified atom stereocenters. The van der Waals surface area contributed by atoms with E-state index < -0.39 is 5.97 Å². The number of pyridine rings is 1. The van der Waals surface area contributed by atoms with Crippen LogP contribution in [0.25, 0.3) is 0 Å². The molecule has 14 heavy (non-hydrogen) atoms. The fourth-order valence-electron chi connectivity index (χ4n) is 1.01. The lowest BCUT2D eigenvalue weighted by Gasteiger charge is -2.18. The Bertz CT molecular complexity index is 369. The van der Waals surface area contributed by atoms with Gasteiger partial charge in [-0.25, -0.2) is 4.79 Å². The summed E-state index contributed by atoms with van der Waals surface area (Å²) in [5.41, 5.74) is 0.897. The van der Waals surface area contributed by atoms with Crippen LogP contribution in [-0.4, -0.2) is 16.1 Å². The number of hydrogen-bond acceptors (Lipinski definition) is 2. The highest BCUT2D eigenvalue weighted by molar-refractivity contribution is 9.10. The van der Waals surface area contributed by atoms with Crippen LogP contribution in [0.5, 0.6) is 0 Å². The van der Waals surface area contributed by atoms with E-state index in [1.807, 2.05) is 20.8 Å². The monoisotopic (exact) mass is 257 g/mol. The first kappa shape index (κ1) is 11.2. The van der Waals surface area contributed by atoms with Crippen molar-refractivity contribution in [2.24, 2.45) is 0 Å². The molecule has 0 saturated heterocycles. The van der Waals surface area contributed by atoms with Crippen molar-refractivity contribution in [2.45, 2.75) is 26.2 Å². The van der Waals surface area contributed by atoms with Crippen LogP contribution in [-0.2, 0) is 5.41 Å². The molecule has 0 spiro atoms. The van der Waals surface area contributed by atoms with Crippen LogP contribution in [0.15, 0.2) is 16.7 Å². The molecule has 0 aliphatic rings. The second-order valence-corrected chi connectivity index (χ2v) is 4.96. The summed E-state index contributed by atoms with van der Waals surface area (Å²) in [7, 11) is 0. The number of halogens is 1. The van der Waals surface area contributed by atoms with Gasteiger partial charge in [0.2, 0.25) is 0 Å². The molecule has 0 bridgehead atoms. The minimum atomic E-state index is -0.940. The van der Waals surface area contributed by atoms with Gasteiger partial charge in [0.15, 0.2) is 0 Å². The fourth-order valence-corrected chi connectivity index (χ4v) is 1.40. The third kappa shape index (κ3) is 2.32. The molecule has 0 aliphatic heterocycles. The molecule has 1 aromatic heterocycles. The molecule has 4 heteroatoms. The molecule has 0 radical (unpaired) electrons. The minimum absolute atomic E-state index is 0.134. The number of hydrogen-bond donors (Lipinski definition) is 1. The Balaban J connectivity index is 3.27. The predicted molar refractivity (Wildman–Crippen MR) is 57.6 cm³/mol. The van der Waals surface area contributed by atoms with E-state index in [0.717, 1.165) is 5.69 Å². The maximum atomic E-state index is 10.8. The molecule has 0 fully saturated rings. The van der Waals surface area contributed by atoms with Gasteiger partial charge in [0.05, 0.1) is 10.0 Å². The molecular formula is C10H12BrNO2. The van der Waals surface area contributed by atoms with Crippen LogP contribution in [0.1, 0.15) is 36.8 Å². The third-order valence-corrected chi connectivity index (χ3v) is 2.49. The van der Waals surface area contributed by atoms with E-state index in [0.29, 0.717) is 4.47 Å². The second-order valence-electron chi connectivity index (χ2n) is 4.10. The van der Waals surface area contributed by atoms with Gasteiger partial charge < -0.3 is 5.11 Å². The van der Waals surface area contributed by atoms with Crippen molar-refractivity contribution in [3.8, 4) is 0 Å². The maximum Gasteiger partial charge on any atom is 0.336 e. The zero-order valence-corrected chi connectivity index (χ0v) is 9.92. The Labute approximate surface area is 91.3 Å². The maximum absolute atomic E-state index is 10.8. The predicted octanol–water partition coefficient (Wildman–Crippen LogP) is 2.84. The molecule has 1 heterocycles. The van der Waals surface area contributed by atoms with Crippen molar-refractivity contribution < 1.29 is 9.90 Å². The summed E-state index contributed by atoms with van der Waals surface area (Å²) < 4.78 is 0.512. The highest BCUT2D eigenvalue weighted by Crippen LogP contribution is 2.24. The molecule has 0 saturated carbocycles. The third-order valence-electron chi connectivity index (χ3n) is 1.85. The molecule has 0 amide bonds. The molecule has 3 nitrogen and oxygen atoms in total. The van der Waals surface area contributed by atoms with Gasteiger partial charge in [-0.05, 0) is 22.0 Å². The van der Waals surface area contributed by atoms with E-state index in [1.54, 1.807) is 6.07 Å². The summed E-state index contributed by atoms with van der Waals surface area (Å²) in [6.07, 6.45) is 1.53. The van der Waals surface area contributed by atoms with Gasteiger partial charge in [0, 0.05) is 17.3 Å². The highest BCUT2D eigenvalue weighted by Gasteiger charge is 2.18. The van der Waals surface area contributed by atoms with Crippen LogP contribution in [0.2, 0.25) is 0 Å². The standard InChI is InChI=1S/C10H12BrNO2/c1-10(2,3)8-4-6(9(13)14)7(11)5-12-8/h4-5H,1-3H3,(H,13,14). The lowest BCUT2D eigenvalue weighted by atomic mass is 9.91. The van der Waals surface area contributed by atoms with Gasteiger partial charge >= 0.3 is 5.97 Å². The molecule has 0 aliphatic carbocycles. The topological polar surface area (TPSA) is 50.2 Å². The quantitative estimate of drug-likeness (QED) is 0.842. The smallest absolute Gasteiger partial charge is 0.336 e. The van der Waals surface area contributed by atoms with Gasteiger partial charge in [0.1, 0.15) is 0 Å². The van der Waals surface area contributed by atoms with Crippen LogP contribution in [0.4, 0.5) is 0 Å². The van der Waals surface area contributed by atoms with Crippen molar-refractivity contribution in [2.75, 3.05) is 0 Å². The number of rotatable bonds is 1. The van der Waals surface area contributed by atoms with E-state index in [9.17, 15) is 4.79 Å². The number of aromatic nitrogens is 1. The van der Waals surface area contributed by atoms with E-state index in [1.165, 1.54) is 6.20 Å². The zero-order valence-electron chi connectivity index (χ0n) is 8.34. The molecule has 76 valence electrons. The van der Waals surface area contributed by atoms with Gasteiger partial charge in [-0.15, -0.1) is 0 Å². The number of carboxylic acids is 1. The SMILES string of the molecule is CC(C)(C)c1cc(C(=O)O)c(Br)cn1. The Hall–Kier alpha value is -0.900. The van der Waals surface area contributed by atoms with Crippen LogP contribution >= 0.6 is 15.9 Å². The number of aromatic carboxylic acids is 1. The Morgan fingerprint density at radius 3 is 2.50 bits per heavy atom. The number of carboxylic acid groups (broad SMARTS) is 1. The summed E-state index contributed by atoms with van der Waals surface area (Å²) in [5.74, 6) is -0.940. The first-order valence-corrected chi connectivity index (χ1v) is 5.01. The van der Waals surface area contributed by atoms with Gasteiger partial charge in [-0.3, -0.25) is 4.98 Å². The van der Waals surface area contributed by atoms with E-state index in [-0.39, 0.29) is 11.0 Å². The first-order valence-electron chi connectivity index (χ1n) is 4.21. The second kappa shape index (κ2) is 3.69. The summed E-state index contributed by atoms with van der Waals surface area (Å²) in [5, 5.41) is 8.90. The first-order chi connectivity index (χ1) is 6.32. The number of carbonyl (C=O) groups is 1. The molecule has 1 rings (SSSR count). The molecule has 1 aromatic rings. The number of nitrogens with zero attached hydrogens (tertiary/aromatic N) is 1. The van der Waals surface area contributed by atoms with E-state index >= 15 is 0 Å². The Kier molecular flexibility index (Phi) is 2.95. The zero-order chi connectivity index (χ0) is 10.9. The summed E-state index contributed by atoms with van der Waals surface area (Å²) >= 11 is 3.15. The Morgan fingerprint density at radius 2 is 2.07 bits per heavy atom. The van der Waals surface area contributed by atoms with Gasteiger partial charge in [-0.1, -0.05) is 20.8 Å². The molecule has 0 atom stereocenters. The average molecular weight is 258 g/mol. The van der Waals surface area contributed by atoms with Crippen molar-refractivity contribution >= 4 is 21.9 Å². The normalized spacial score (nSPS) is 11.4. The van der Waals surface area contributed by atoms with Crippen LogP contribution in [0, 0.1) is 0 Å². The highest BCUT2D eigenvalue weighted by atomic mass is 79.9. The largest absolute Gasteiger partial charge is 0.478 e. The lowest BCUT2D eigenvalue weighted by molar-refractivity contribution is 0.0695. The molecule has 1 N–H and O–H groups in total. The molecular weight excluding hydrogens is 246 g/mol. The summed E-state index contributed by atoms with van der Waals surface area (Å²) in [6, 6.07) is 1.60. The van der Waals surface area contributed by atoms with Crippen molar-refractivity contribution in [1.29, 1.82) is 0 Å². The minimum Gasteiger partial charge on any atom is -0.478 e. The summed E-state index contributed by atoms with van der Waals surface area (Å²) in [6.45, 7) is 5.98. The van der Waals surface area contributed by atoms with E-state index in [4.69, 9.17) is 5.11 Å². The van der Waals surface area contributed by atoms with Crippen LogP contribution < -0.4 is 0 Å². The van der Waals surface area contributed by atoms with Crippen LogP contribution in [0.3, 0.4) is 0 Å². The Morgan fingerprint density at radius 1 is 1.50 bits per heavy atom.